The Balaban J connectivity index is 0.000000810. The van der Waals surface area contributed by atoms with Crippen molar-refractivity contribution in [2.45, 2.75) is 0 Å². The molecule has 0 fully saturated rings. The maximum atomic E-state index is 8.80. The van der Waals surface area contributed by atoms with E-state index in [1.807, 2.05) is 0 Å². The summed E-state index contributed by atoms with van der Waals surface area (Å²) in [5.74, 6) is 1.02. The SMILES string of the molecule is COc1ccc(O)cc1.S. The molecule has 0 radical (unpaired) electrons. The summed E-state index contributed by atoms with van der Waals surface area (Å²) in [6.45, 7) is 0. The Hall–Kier alpha value is -0.830. The molecule has 0 aliphatic heterocycles. The normalized spacial score (nSPS) is 8.10. The molecule has 2 nitrogen and oxygen atoms in total. The lowest BCUT2D eigenvalue weighted by Gasteiger charge is -1.96. The molecular formula is C7H10O2S. The molecule has 1 N–H and O–H groups in total. The van der Waals surface area contributed by atoms with Crippen LogP contribution in [0.25, 0.3) is 0 Å². The van der Waals surface area contributed by atoms with E-state index in [0.717, 1.165) is 5.75 Å². The monoisotopic (exact) mass is 158 g/mol. The summed E-state index contributed by atoms with van der Waals surface area (Å²) in [7, 11) is 1.59. The number of hydrogen-bond donors (Lipinski definition) is 1. The summed E-state index contributed by atoms with van der Waals surface area (Å²) in [5, 5.41) is 8.80. The molecule has 0 bridgehead atoms. The Kier molecular flexibility index (Phi) is 3.72. The molecular weight excluding hydrogens is 148 g/mol. The highest BCUT2D eigenvalue weighted by molar-refractivity contribution is 7.59. The number of rotatable bonds is 1. The summed E-state index contributed by atoms with van der Waals surface area (Å²) in [6, 6.07) is 6.57. The highest BCUT2D eigenvalue weighted by Crippen LogP contribution is 2.14. The minimum Gasteiger partial charge on any atom is -0.508 e. The maximum absolute atomic E-state index is 8.80. The summed E-state index contributed by atoms with van der Waals surface area (Å²) in [5.41, 5.74) is 0. The van der Waals surface area contributed by atoms with Crippen LogP contribution in [0.3, 0.4) is 0 Å². The average Bonchev–Trinajstić information content (AvgIpc) is 1.90. The van der Waals surface area contributed by atoms with Crippen LogP contribution in [0.4, 0.5) is 0 Å². The summed E-state index contributed by atoms with van der Waals surface area (Å²) >= 11 is 0. The number of hydrogen-bond acceptors (Lipinski definition) is 2. The van der Waals surface area contributed by atoms with Gasteiger partial charge in [0.05, 0.1) is 7.11 Å². The van der Waals surface area contributed by atoms with Crippen LogP contribution in [0.1, 0.15) is 0 Å². The average molecular weight is 158 g/mol. The second kappa shape index (κ2) is 4.06. The topological polar surface area (TPSA) is 29.5 Å². The molecule has 1 rings (SSSR count). The third-order valence-corrected chi connectivity index (χ3v) is 1.07. The molecule has 3 heteroatoms. The lowest BCUT2D eigenvalue weighted by Crippen LogP contribution is -1.79. The molecule has 0 saturated heterocycles. The van der Waals surface area contributed by atoms with Gasteiger partial charge in [-0.05, 0) is 24.3 Å². The van der Waals surface area contributed by atoms with E-state index in [9.17, 15) is 0 Å². The van der Waals surface area contributed by atoms with Gasteiger partial charge in [0, 0.05) is 0 Å². The zero-order valence-electron chi connectivity index (χ0n) is 5.66. The van der Waals surface area contributed by atoms with Crippen molar-refractivity contribution in [2.24, 2.45) is 0 Å². The first-order valence-corrected chi connectivity index (χ1v) is 2.66. The van der Waals surface area contributed by atoms with Crippen molar-refractivity contribution in [1.82, 2.24) is 0 Å². The molecule has 0 spiro atoms. The Morgan fingerprint density at radius 3 is 2.10 bits per heavy atom. The molecule has 10 heavy (non-hydrogen) atoms. The lowest BCUT2D eigenvalue weighted by molar-refractivity contribution is 0.412. The van der Waals surface area contributed by atoms with Crippen molar-refractivity contribution in [1.29, 1.82) is 0 Å². The fourth-order valence-corrected chi connectivity index (χ4v) is 0.582. The van der Waals surface area contributed by atoms with Crippen LogP contribution < -0.4 is 4.74 Å². The van der Waals surface area contributed by atoms with E-state index in [4.69, 9.17) is 9.84 Å². The van der Waals surface area contributed by atoms with Crippen LogP contribution in [0, 0.1) is 0 Å². The first-order chi connectivity index (χ1) is 4.33. The first-order valence-electron chi connectivity index (χ1n) is 2.66. The van der Waals surface area contributed by atoms with E-state index in [1.54, 1.807) is 31.4 Å². The van der Waals surface area contributed by atoms with E-state index in [1.165, 1.54) is 0 Å². The molecule has 1 aromatic rings. The highest BCUT2D eigenvalue weighted by Gasteiger charge is 1.87. The molecule has 0 heterocycles. The standard InChI is InChI=1S/C7H8O2.H2S/c1-9-7-4-2-6(8)3-5-7;/h2-5,8H,1H3;1H2. The molecule has 0 unspecified atom stereocenters. The zero-order chi connectivity index (χ0) is 6.69. The predicted octanol–water partition coefficient (Wildman–Crippen LogP) is 1.51. The highest BCUT2D eigenvalue weighted by atomic mass is 32.1. The number of phenols is 1. The lowest BCUT2D eigenvalue weighted by atomic mass is 10.3. The minimum atomic E-state index is 0. The predicted molar refractivity (Wildman–Crippen MR) is 45.0 cm³/mol. The first kappa shape index (κ1) is 9.17. The Morgan fingerprint density at radius 1 is 1.20 bits per heavy atom. The van der Waals surface area contributed by atoms with Gasteiger partial charge < -0.3 is 9.84 Å². The third kappa shape index (κ3) is 2.19. The third-order valence-electron chi connectivity index (χ3n) is 1.07. The van der Waals surface area contributed by atoms with Gasteiger partial charge in [-0.25, -0.2) is 0 Å². The number of ether oxygens (including phenoxy) is 1. The maximum Gasteiger partial charge on any atom is 0.119 e. The summed E-state index contributed by atoms with van der Waals surface area (Å²) in [6.07, 6.45) is 0. The Labute approximate surface area is 66.9 Å². The number of aromatic hydroxyl groups is 1. The van der Waals surface area contributed by atoms with Gasteiger partial charge in [0.1, 0.15) is 11.5 Å². The van der Waals surface area contributed by atoms with Crippen LogP contribution in [-0.4, -0.2) is 12.2 Å². The van der Waals surface area contributed by atoms with Gasteiger partial charge in [0.25, 0.3) is 0 Å². The van der Waals surface area contributed by atoms with Crippen molar-refractivity contribution in [3.8, 4) is 11.5 Å². The van der Waals surface area contributed by atoms with E-state index >= 15 is 0 Å². The Bertz CT molecular complexity index is 183. The van der Waals surface area contributed by atoms with Gasteiger partial charge in [0.15, 0.2) is 0 Å². The van der Waals surface area contributed by atoms with Crippen LogP contribution in [0.2, 0.25) is 0 Å². The number of benzene rings is 1. The minimum absolute atomic E-state index is 0. The molecule has 0 amide bonds. The fourth-order valence-electron chi connectivity index (χ4n) is 0.582. The van der Waals surface area contributed by atoms with Crippen molar-refractivity contribution in [3.05, 3.63) is 24.3 Å². The molecule has 0 atom stereocenters. The van der Waals surface area contributed by atoms with Crippen LogP contribution in [-0.2, 0) is 0 Å². The van der Waals surface area contributed by atoms with Crippen LogP contribution >= 0.6 is 13.5 Å². The Morgan fingerprint density at radius 2 is 1.70 bits per heavy atom. The molecule has 56 valence electrons. The number of methoxy groups -OCH3 is 1. The summed E-state index contributed by atoms with van der Waals surface area (Å²) in [4.78, 5) is 0. The fraction of sp³-hybridized carbons (Fsp3) is 0.143. The van der Waals surface area contributed by atoms with E-state index in [-0.39, 0.29) is 19.2 Å². The second-order valence-electron chi connectivity index (χ2n) is 1.70. The smallest absolute Gasteiger partial charge is 0.119 e. The van der Waals surface area contributed by atoms with E-state index in [2.05, 4.69) is 0 Å². The molecule has 0 aromatic heterocycles. The molecule has 0 saturated carbocycles. The van der Waals surface area contributed by atoms with E-state index < -0.39 is 0 Å². The van der Waals surface area contributed by atoms with Gasteiger partial charge in [-0.2, -0.15) is 13.5 Å². The van der Waals surface area contributed by atoms with Crippen molar-refractivity contribution >= 4 is 13.5 Å². The number of phenolic OH excluding ortho intramolecular Hbond substituents is 1. The van der Waals surface area contributed by atoms with Crippen LogP contribution in [0.15, 0.2) is 24.3 Å². The molecule has 0 aliphatic carbocycles. The van der Waals surface area contributed by atoms with Gasteiger partial charge in [-0.15, -0.1) is 0 Å². The summed E-state index contributed by atoms with van der Waals surface area (Å²) < 4.78 is 4.86. The second-order valence-corrected chi connectivity index (χ2v) is 1.70. The quantitative estimate of drug-likeness (QED) is 0.671. The van der Waals surface area contributed by atoms with E-state index in [0.29, 0.717) is 0 Å². The zero-order valence-corrected chi connectivity index (χ0v) is 6.66. The molecule has 1 aromatic carbocycles. The van der Waals surface area contributed by atoms with Gasteiger partial charge in [-0.3, -0.25) is 0 Å². The largest absolute Gasteiger partial charge is 0.508 e. The van der Waals surface area contributed by atoms with Crippen molar-refractivity contribution < 1.29 is 9.84 Å². The van der Waals surface area contributed by atoms with Gasteiger partial charge in [-0.1, -0.05) is 0 Å². The van der Waals surface area contributed by atoms with Crippen molar-refractivity contribution in [3.63, 3.8) is 0 Å². The molecule has 0 aliphatic rings. The van der Waals surface area contributed by atoms with Crippen molar-refractivity contribution in [2.75, 3.05) is 7.11 Å². The van der Waals surface area contributed by atoms with Crippen LogP contribution in [0.5, 0.6) is 11.5 Å². The van der Waals surface area contributed by atoms with Gasteiger partial charge in [0.2, 0.25) is 0 Å². The van der Waals surface area contributed by atoms with Gasteiger partial charge >= 0.3 is 0 Å².